The first-order chi connectivity index (χ1) is 12.1. The van der Waals surface area contributed by atoms with E-state index >= 15 is 0 Å². The molecule has 1 saturated carbocycles. The molecule has 1 atom stereocenters. The van der Waals surface area contributed by atoms with Gasteiger partial charge in [-0.25, -0.2) is 0 Å². The van der Waals surface area contributed by atoms with Gasteiger partial charge >= 0.3 is 0 Å². The van der Waals surface area contributed by atoms with Crippen LogP contribution in [0.25, 0.3) is 0 Å². The molecule has 0 unspecified atom stereocenters. The zero-order valence-electron chi connectivity index (χ0n) is 16.3. The van der Waals surface area contributed by atoms with Gasteiger partial charge in [0.1, 0.15) is 0 Å². The Bertz CT molecular complexity index is 576. The van der Waals surface area contributed by atoms with Crippen LogP contribution in [0, 0.1) is 25.2 Å². The fourth-order valence-electron chi connectivity index (χ4n) is 5.40. The predicted octanol–water partition coefficient (Wildman–Crippen LogP) is 3.48. The second-order valence-corrected chi connectivity index (χ2v) is 9.17. The number of aryl methyl sites for hydroxylation is 3. The Morgan fingerprint density at radius 3 is 2.60 bits per heavy atom. The van der Waals surface area contributed by atoms with E-state index in [2.05, 4.69) is 39.5 Å². The minimum atomic E-state index is 0.611. The fourth-order valence-corrected chi connectivity index (χ4v) is 5.40. The zero-order chi connectivity index (χ0) is 17.3. The molecule has 4 nitrogen and oxygen atoms in total. The molecular formula is C21H36N4. The van der Waals surface area contributed by atoms with E-state index in [0.717, 1.165) is 18.2 Å². The molecule has 1 aliphatic carbocycles. The van der Waals surface area contributed by atoms with Gasteiger partial charge in [-0.1, -0.05) is 6.42 Å². The summed E-state index contributed by atoms with van der Waals surface area (Å²) in [7, 11) is 0. The number of rotatable bonds is 6. The topological polar surface area (TPSA) is 24.3 Å². The third-order valence-electron chi connectivity index (χ3n) is 6.95. The van der Waals surface area contributed by atoms with Gasteiger partial charge in [-0.2, -0.15) is 5.10 Å². The van der Waals surface area contributed by atoms with Crippen LogP contribution >= 0.6 is 0 Å². The summed E-state index contributed by atoms with van der Waals surface area (Å²) in [4.78, 5) is 5.55. The normalized spacial score (nSPS) is 28.7. The van der Waals surface area contributed by atoms with Crippen molar-refractivity contribution < 1.29 is 0 Å². The van der Waals surface area contributed by atoms with Crippen molar-refractivity contribution in [1.82, 2.24) is 19.6 Å². The number of likely N-dealkylation sites (tertiary alicyclic amines) is 2. The molecule has 1 aromatic heterocycles. The van der Waals surface area contributed by atoms with Crippen LogP contribution in [0.4, 0.5) is 0 Å². The van der Waals surface area contributed by atoms with Crippen LogP contribution in [-0.2, 0) is 6.54 Å². The Morgan fingerprint density at radius 1 is 1.04 bits per heavy atom. The lowest BCUT2D eigenvalue weighted by Crippen LogP contribution is -2.47. The van der Waals surface area contributed by atoms with Gasteiger partial charge in [0.2, 0.25) is 0 Å². The average molecular weight is 345 g/mol. The van der Waals surface area contributed by atoms with Gasteiger partial charge in [-0.15, -0.1) is 0 Å². The molecule has 0 N–H and O–H groups in total. The van der Waals surface area contributed by atoms with Crippen LogP contribution in [0.3, 0.4) is 0 Å². The van der Waals surface area contributed by atoms with Crippen molar-refractivity contribution in [3.63, 3.8) is 0 Å². The molecule has 3 heterocycles. The first-order valence-electron chi connectivity index (χ1n) is 10.6. The zero-order valence-corrected chi connectivity index (χ0v) is 16.3. The quantitative estimate of drug-likeness (QED) is 0.790. The van der Waals surface area contributed by atoms with E-state index in [9.17, 15) is 0 Å². The van der Waals surface area contributed by atoms with Gasteiger partial charge in [0.25, 0.3) is 0 Å². The molecule has 4 rings (SSSR count). The Labute approximate surface area is 153 Å². The van der Waals surface area contributed by atoms with Crippen LogP contribution in [0.5, 0.6) is 0 Å². The van der Waals surface area contributed by atoms with Crippen molar-refractivity contribution >= 4 is 0 Å². The third kappa shape index (κ3) is 4.11. The molecule has 1 aromatic rings. The molecule has 0 radical (unpaired) electrons. The van der Waals surface area contributed by atoms with E-state index in [4.69, 9.17) is 0 Å². The number of nitrogens with zero attached hydrogens (tertiary/aromatic N) is 4. The molecule has 4 heteroatoms. The van der Waals surface area contributed by atoms with Crippen molar-refractivity contribution in [2.45, 2.75) is 65.3 Å². The maximum atomic E-state index is 4.60. The van der Waals surface area contributed by atoms with Gasteiger partial charge in [0.15, 0.2) is 0 Å². The lowest BCUT2D eigenvalue weighted by atomic mass is 9.78. The van der Waals surface area contributed by atoms with Crippen molar-refractivity contribution in [2.75, 3.05) is 39.3 Å². The average Bonchev–Trinajstić information content (AvgIpc) is 3.07. The van der Waals surface area contributed by atoms with E-state index in [0.29, 0.717) is 5.41 Å². The van der Waals surface area contributed by atoms with E-state index in [1.165, 1.54) is 89.9 Å². The molecule has 0 bridgehead atoms. The van der Waals surface area contributed by atoms with Gasteiger partial charge in [0, 0.05) is 31.9 Å². The summed E-state index contributed by atoms with van der Waals surface area (Å²) >= 11 is 0. The summed E-state index contributed by atoms with van der Waals surface area (Å²) in [5.74, 6) is 1.02. The highest BCUT2D eigenvalue weighted by molar-refractivity contribution is 5.06. The summed E-state index contributed by atoms with van der Waals surface area (Å²) in [6.45, 7) is 13.3. The molecular weight excluding hydrogens is 308 g/mol. The second kappa shape index (κ2) is 7.40. The number of hydrogen-bond acceptors (Lipinski definition) is 3. The maximum Gasteiger partial charge on any atom is 0.0596 e. The second-order valence-electron chi connectivity index (χ2n) is 9.17. The van der Waals surface area contributed by atoms with Crippen molar-refractivity contribution in [2.24, 2.45) is 11.3 Å². The highest BCUT2D eigenvalue weighted by atomic mass is 15.3. The lowest BCUT2D eigenvalue weighted by molar-refractivity contribution is 0.0672. The van der Waals surface area contributed by atoms with Crippen LogP contribution in [-0.4, -0.2) is 58.8 Å². The SMILES string of the molecule is Cc1cc(C)n(CCCN2CC[C@@]3(CCCN(CC4CCC4)C3)C2)n1. The summed E-state index contributed by atoms with van der Waals surface area (Å²) in [5, 5.41) is 4.60. The highest BCUT2D eigenvalue weighted by Crippen LogP contribution is 2.40. The van der Waals surface area contributed by atoms with Gasteiger partial charge in [-0.05, 0) is 89.4 Å². The Hall–Kier alpha value is -0.870. The van der Waals surface area contributed by atoms with E-state index < -0.39 is 0 Å². The molecule has 2 aliphatic heterocycles. The van der Waals surface area contributed by atoms with Crippen molar-refractivity contribution in [1.29, 1.82) is 0 Å². The maximum absolute atomic E-state index is 4.60. The standard InChI is InChI=1S/C21H36N4/c1-18-14-19(2)25(22-18)12-5-11-23-13-9-21(16-23)8-4-10-24(17-21)15-20-6-3-7-20/h14,20H,3-13,15-17H2,1-2H3/t21-/m0/s1. The lowest BCUT2D eigenvalue weighted by Gasteiger charge is -2.43. The Balaban J connectivity index is 1.23. The summed E-state index contributed by atoms with van der Waals surface area (Å²) in [6.07, 6.45) is 9.99. The van der Waals surface area contributed by atoms with E-state index in [1.807, 2.05) is 0 Å². The van der Waals surface area contributed by atoms with Gasteiger partial charge in [-0.3, -0.25) is 4.68 Å². The first-order valence-corrected chi connectivity index (χ1v) is 10.6. The summed E-state index contributed by atoms with van der Waals surface area (Å²) in [6, 6.07) is 2.18. The summed E-state index contributed by atoms with van der Waals surface area (Å²) in [5.41, 5.74) is 3.06. The van der Waals surface area contributed by atoms with Crippen LogP contribution < -0.4 is 0 Å². The minimum absolute atomic E-state index is 0.611. The van der Waals surface area contributed by atoms with Crippen LogP contribution in [0.2, 0.25) is 0 Å². The molecule has 0 amide bonds. The van der Waals surface area contributed by atoms with Crippen LogP contribution in [0.15, 0.2) is 6.07 Å². The first kappa shape index (κ1) is 17.5. The third-order valence-corrected chi connectivity index (χ3v) is 6.95. The van der Waals surface area contributed by atoms with Crippen LogP contribution in [0.1, 0.15) is 56.3 Å². The molecule has 0 aromatic carbocycles. The Morgan fingerprint density at radius 2 is 1.88 bits per heavy atom. The number of hydrogen-bond donors (Lipinski definition) is 0. The van der Waals surface area contributed by atoms with E-state index in [1.54, 1.807) is 0 Å². The fraction of sp³-hybridized carbons (Fsp3) is 0.857. The molecule has 3 fully saturated rings. The predicted molar refractivity (Wildman–Crippen MR) is 103 cm³/mol. The highest BCUT2D eigenvalue weighted by Gasteiger charge is 2.41. The number of piperidine rings is 1. The monoisotopic (exact) mass is 344 g/mol. The molecule has 3 aliphatic rings. The minimum Gasteiger partial charge on any atom is -0.303 e. The molecule has 1 spiro atoms. The number of aromatic nitrogens is 2. The smallest absolute Gasteiger partial charge is 0.0596 e. The van der Waals surface area contributed by atoms with Crippen molar-refractivity contribution in [3.05, 3.63) is 17.5 Å². The largest absolute Gasteiger partial charge is 0.303 e. The molecule has 2 saturated heterocycles. The van der Waals surface area contributed by atoms with E-state index in [-0.39, 0.29) is 0 Å². The molecule has 25 heavy (non-hydrogen) atoms. The summed E-state index contributed by atoms with van der Waals surface area (Å²) < 4.78 is 2.18. The Kier molecular flexibility index (Phi) is 5.19. The van der Waals surface area contributed by atoms with Crippen molar-refractivity contribution in [3.8, 4) is 0 Å². The van der Waals surface area contributed by atoms with Gasteiger partial charge < -0.3 is 9.80 Å². The molecule has 140 valence electrons. The van der Waals surface area contributed by atoms with Gasteiger partial charge in [0.05, 0.1) is 5.69 Å².